The van der Waals surface area contributed by atoms with Gasteiger partial charge in [-0.15, -0.1) is 0 Å². The number of anilines is 2. The van der Waals surface area contributed by atoms with Gasteiger partial charge in [-0.1, -0.05) is 11.6 Å². The molecule has 1 aromatic carbocycles. The van der Waals surface area contributed by atoms with Gasteiger partial charge in [0.15, 0.2) is 0 Å². The van der Waals surface area contributed by atoms with Crippen LogP contribution in [-0.2, 0) is 4.74 Å². The molecular weight excluding hydrogens is 382 g/mol. The first-order chi connectivity index (χ1) is 13.6. The molecule has 0 spiro atoms. The van der Waals surface area contributed by atoms with E-state index in [4.69, 9.17) is 21.1 Å². The number of aromatic nitrogens is 2. The van der Waals surface area contributed by atoms with E-state index in [1.165, 1.54) is 13.3 Å². The van der Waals surface area contributed by atoms with Crippen molar-refractivity contribution in [2.24, 2.45) is 0 Å². The van der Waals surface area contributed by atoms with E-state index in [9.17, 15) is 4.79 Å². The van der Waals surface area contributed by atoms with Crippen molar-refractivity contribution >= 4 is 29.1 Å². The van der Waals surface area contributed by atoms with Gasteiger partial charge in [-0.25, -0.2) is 4.98 Å². The Morgan fingerprint density at radius 1 is 1.14 bits per heavy atom. The first-order valence-corrected chi connectivity index (χ1v) is 9.44. The largest absolute Gasteiger partial charge is 0.480 e. The number of carbonyl (C=O) groups is 1. The Bertz CT molecular complexity index is 795. The molecule has 150 valence electrons. The number of nitrogens with zero attached hydrogens (tertiary/aromatic N) is 4. The average Bonchev–Trinajstić information content (AvgIpc) is 2.74. The second kappa shape index (κ2) is 9.57. The normalized spacial score (nSPS) is 14.1. The Kier molecular flexibility index (Phi) is 6.89. The summed E-state index contributed by atoms with van der Waals surface area (Å²) < 4.78 is 10.2. The van der Waals surface area contributed by atoms with Gasteiger partial charge in [0.05, 0.1) is 13.7 Å². The van der Waals surface area contributed by atoms with Gasteiger partial charge in [0, 0.05) is 56.7 Å². The summed E-state index contributed by atoms with van der Waals surface area (Å²) >= 11 is 5.96. The standard InChI is InChI=1S/C19H24ClN5O3/c1-27-12-7-21-17(26)16-13-22-19(23-18(16)28-2)25-10-8-24(9-11-25)15-5-3-14(20)4-6-15/h3-6,13H,7-12H2,1-2H3,(H,21,26). The Balaban J connectivity index is 1.64. The summed E-state index contributed by atoms with van der Waals surface area (Å²) in [7, 11) is 3.08. The summed E-state index contributed by atoms with van der Waals surface area (Å²) in [4.78, 5) is 25.4. The summed E-state index contributed by atoms with van der Waals surface area (Å²) in [6, 6.07) is 7.84. The number of nitrogens with one attached hydrogen (secondary N) is 1. The van der Waals surface area contributed by atoms with Crippen LogP contribution in [0.4, 0.5) is 11.6 Å². The lowest BCUT2D eigenvalue weighted by Crippen LogP contribution is -2.47. The van der Waals surface area contributed by atoms with Crippen LogP contribution in [0.25, 0.3) is 0 Å². The van der Waals surface area contributed by atoms with E-state index in [0.29, 0.717) is 24.7 Å². The van der Waals surface area contributed by atoms with Crippen LogP contribution in [0.1, 0.15) is 10.4 Å². The van der Waals surface area contributed by atoms with E-state index < -0.39 is 0 Å². The number of methoxy groups -OCH3 is 2. The third-order valence-electron chi connectivity index (χ3n) is 4.53. The summed E-state index contributed by atoms with van der Waals surface area (Å²) in [6.45, 7) is 4.06. The molecule has 0 aliphatic carbocycles. The highest BCUT2D eigenvalue weighted by atomic mass is 35.5. The predicted octanol–water partition coefficient (Wildman–Crippen LogP) is 1.84. The van der Waals surface area contributed by atoms with Crippen LogP contribution in [-0.4, -0.2) is 69.4 Å². The molecule has 9 heteroatoms. The Morgan fingerprint density at radius 2 is 1.82 bits per heavy atom. The summed E-state index contributed by atoms with van der Waals surface area (Å²) in [5.41, 5.74) is 1.45. The Labute approximate surface area is 169 Å². The van der Waals surface area contributed by atoms with Crippen molar-refractivity contribution in [2.75, 3.05) is 63.4 Å². The van der Waals surface area contributed by atoms with E-state index in [2.05, 4.69) is 25.1 Å². The smallest absolute Gasteiger partial charge is 0.258 e. The van der Waals surface area contributed by atoms with Gasteiger partial charge in [-0.3, -0.25) is 4.79 Å². The van der Waals surface area contributed by atoms with Crippen molar-refractivity contribution in [3.8, 4) is 5.88 Å². The second-order valence-corrected chi connectivity index (χ2v) is 6.73. The number of halogens is 1. The molecule has 1 saturated heterocycles. The van der Waals surface area contributed by atoms with Crippen LogP contribution < -0.4 is 19.9 Å². The molecule has 8 nitrogen and oxygen atoms in total. The molecule has 2 heterocycles. The van der Waals surface area contributed by atoms with Crippen molar-refractivity contribution in [1.82, 2.24) is 15.3 Å². The average molecular weight is 406 g/mol. The lowest BCUT2D eigenvalue weighted by atomic mass is 10.2. The van der Waals surface area contributed by atoms with Gasteiger partial charge < -0.3 is 24.6 Å². The minimum atomic E-state index is -0.284. The zero-order chi connectivity index (χ0) is 19.9. The molecular formula is C19H24ClN5O3. The molecule has 1 amide bonds. The molecule has 1 N–H and O–H groups in total. The molecule has 0 radical (unpaired) electrons. The third kappa shape index (κ3) is 4.82. The summed E-state index contributed by atoms with van der Waals surface area (Å²) in [5.74, 6) is 0.536. The van der Waals surface area contributed by atoms with Gasteiger partial charge in [-0.2, -0.15) is 4.98 Å². The minimum Gasteiger partial charge on any atom is -0.480 e. The van der Waals surface area contributed by atoms with Gasteiger partial charge in [0.2, 0.25) is 11.8 Å². The van der Waals surface area contributed by atoms with Crippen LogP contribution in [0.3, 0.4) is 0 Å². The van der Waals surface area contributed by atoms with Crippen LogP contribution >= 0.6 is 11.6 Å². The van der Waals surface area contributed by atoms with E-state index in [-0.39, 0.29) is 11.8 Å². The Hall–Kier alpha value is -2.58. The molecule has 1 aliphatic heterocycles. The number of carbonyl (C=O) groups excluding carboxylic acids is 1. The Morgan fingerprint density at radius 3 is 2.46 bits per heavy atom. The maximum Gasteiger partial charge on any atom is 0.258 e. The minimum absolute atomic E-state index is 0.264. The highest BCUT2D eigenvalue weighted by molar-refractivity contribution is 6.30. The number of ether oxygens (including phenoxy) is 2. The van der Waals surface area contributed by atoms with Crippen LogP contribution in [0.15, 0.2) is 30.5 Å². The number of rotatable bonds is 7. The fraction of sp³-hybridized carbons (Fsp3) is 0.421. The van der Waals surface area contributed by atoms with E-state index in [0.717, 1.165) is 36.9 Å². The topological polar surface area (TPSA) is 79.8 Å². The quantitative estimate of drug-likeness (QED) is 0.704. The van der Waals surface area contributed by atoms with Crippen LogP contribution in [0.5, 0.6) is 5.88 Å². The highest BCUT2D eigenvalue weighted by Gasteiger charge is 2.22. The third-order valence-corrected chi connectivity index (χ3v) is 4.78. The van der Waals surface area contributed by atoms with Gasteiger partial charge in [0.25, 0.3) is 5.91 Å². The lowest BCUT2D eigenvalue weighted by molar-refractivity contribution is 0.0933. The van der Waals surface area contributed by atoms with Gasteiger partial charge in [0.1, 0.15) is 5.56 Å². The molecule has 1 fully saturated rings. The summed E-state index contributed by atoms with van der Waals surface area (Å²) in [6.07, 6.45) is 1.51. The fourth-order valence-corrected chi connectivity index (χ4v) is 3.13. The number of amides is 1. The van der Waals surface area contributed by atoms with E-state index in [1.54, 1.807) is 7.11 Å². The number of benzene rings is 1. The molecule has 3 rings (SSSR count). The van der Waals surface area contributed by atoms with E-state index >= 15 is 0 Å². The molecule has 0 unspecified atom stereocenters. The second-order valence-electron chi connectivity index (χ2n) is 6.29. The SMILES string of the molecule is COCCNC(=O)c1cnc(N2CCN(c3ccc(Cl)cc3)CC2)nc1OC. The molecule has 0 saturated carbocycles. The van der Waals surface area contributed by atoms with Crippen molar-refractivity contribution in [2.45, 2.75) is 0 Å². The van der Waals surface area contributed by atoms with Crippen molar-refractivity contribution < 1.29 is 14.3 Å². The fourth-order valence-electron chi connectivity index (χ4n) is 3.00. The monoisotopic (exact) mass is 405 g/mol. The number of piperazine rings is 1. The molecule has 0 bridgehead atoms. The van der Waals surface area contributed by atoms with Crippen molar-refractivity contribution in [3.63, 3.8) is 0 Å². The maximum absolute atomic E-state index is 12.3. The zero-order valence-electron chi connectivity index (χ0n) is 16.0. The number of hydrogen-bond donors (Lipinski definition) is 1. The maximum atomic E-state index is 12.3. The molecule has 1 aromatic heterocycles. The van der Waals surface area contributed by atoms with Crippen molar-refractivity contribution in [3.05, 3.63) is 41.0 Å². The number of hydrogen-bond acceptors (Lipinski definition) is 7. The molecule has 0 atom stereocenters. The van der Waals surface area contributed by atoms with E-state index in [1.807, 2.05) is 24.3 Å². The highest BCUT2D eigenvalue weighted by Crippen LogP contribution is 2.22. The molecule has 2 aromatic rings. The molecule has 28 heavy (non-hydrogen) atoms. The molecule has 1 aliphatic rings. The zero-order valence-corrected chi connectivity index (χ0v) is 16.8. The van der Waals surface area contributed by atoms with Crippen LogP contribution in [0, 0.1) is 0 Å². The summed E-state index contributed by atoms with van der Waals surface area (Å²) in [5, 5.41) is 3.48. The van der Waals surface area contributed by atoms with Crippen LogP contribution in [0.2, 0.25) is 5.02 Å². The van der Waals surface area contributed by atoms with Crippen molar-refractivity contribution in [1.29, 1.82) is 0 Å². The van der Waals surface area contributed by atoms with Gasteiger partial charge >= 0.3 is 0 Å². The van der Waals surface area contributed by atoms with Gasteiger partial charge in [-0.05, 0) is 24.3 Å². The first-order valence-electron chi connectivity index (χ1n) is 9.06. The predicted molar refractivity (Wildman–Crippen MR) is 109 cm³/mol. The lowest BCUT2D eigenvalue weighted by Gasteiger charge is -2.36. The first kappa shape index (κ1) is 20.2.